The first-order chi connectivity index (χ1) is 13.0. The highest BCUT2D eigenvalue weighted by Crippen LogP contribution is 2.41. The molecule has 27 heavy (non-hydrogen) atoms. The van der Waals surface area contributed by atoms with Crippen molar-refractivity contribution >= 4 is 17.6 Å². The van der Waals surface area contributed by atoms with Gasteiger partial charge in [-0.3, -0.25) is 4.79 Å². The lowest BCUT2D eigenvalue weighted by Gasteiger charge is -2.22. The van der Waals surface area contributed by atoms with Crippen molar-refractivity contribution in [3.63, 3.8) is 0 Å². The molecule has 0 aromatic rings. The smallest absolute Gasteiger partial charge is 0.303 e. The lowest BCUT2D eigenvalue weighted by atomic mass is 9.90. The Balaban J connectivity index is 2.61. The number of carbonyl (C=O) groups is 1. The van der Waals surface area contributed by atoms with Crippen LogP contribution in [0.25, 0.3) is 0 Å². The molecule has 1 saturated carbocycles. The predicted molar refractivity (Wildman–Crippen MR) is 111 cm³/mol. The molecule has 1 rings (SSSR count). The zero-order chi connectivity index (χ0) is 20.1. The predicted octanol–water partition coefficient (Wildman–Crippen LogP) is 5.60. The number of rotatable bonds is 14. The van der Waals surface area contributed by atoms with Crippen molar-refractivity contribution < 1.29 is 19.4 Å². The summed E-state index contributed by atoms with van der Waals surface area (Å²) in [6.45, 7) is 2.21. The minimum atomic E-state index is -0.736. The second-order valence-corrected chi connectivity index (χ2v) is 7.98. The normalized spacial score (nSPS) is 27.0. The van der Waals surface area contributed by atoms with Gasteiger partial charge in [0.15, 0.2) is 0 Å². The Kier molecular flexibility index (Phi) is 12.7. The molecular formula is C22H37ClO4. The van der Waals surface area contributed by atoms with E-state index in [1.807, 2.05) is 0 Å². The minimum absolute atomic E-state index is 0.0920. The summed E-state index contributed by atoms with van der Waals surface area (Å²) in [6.07, 6.45) is 17.1. The van der Waals surface area contributed by atoms with E-state index in [1.54, 1.807) is 14.2 Å². The number of ether oxygens (including phenoxy) is 2. The molecule has 0 spiro atoms. The molecule has 0 aliphatic heterocycles. The SMILES string of the molecule is CCCCCC(/C=C/C1C(OC)CC(Cl)C1C/C=C/CCCC(=O)O)OC. The van der Waals surface area contributed by atoms with Crippen molar-refractivity contribution in [1.29, 1.82) is 0 Å². The van der Waals surface area contributed by atoms with Crippen LogP contribution in [0.15, 0.2) is 24.3 Å². The number of allylic oxidation sites excluding steroid dienone is 2. The molecule has 156 valence electrons. The summed E-state index contributed by atoms with van der Waals surface area (Å²) in [6, 6.07) is 0. The molecule has 0 radical (unpaired) electrons. The van der Waals surface area contributed by atoms with E-state index >= 15 is 0 Å². The Bertz CT molecular complexity index is 463. The summed E-state index contributed by atoms with van der Waals surface area (Å²) in [7, 11) is 3.53. The van der Waals surface area contributed by atoms with Gasteiger partial charge in [0.1, 0.15) is 0 Å². The van der Waals surface area contributed by atoms with Crippen LogP contribution in [0, 0.1) is 11.8 Å². The maximum absolute atomic E-state index is 10.6. The van der Waals surface area contributed by atoms with Crippen molar-refractivity contribution in [1.82, 2.24) is 0 Å². The monoisotopic (exact) mass is 400 g/mol. The molecule has 0 aromatic heterocycles. The van der Waals surface area contributed by atoms with Gasteiger partial charge in [-0.15, -0.1) is 11.6 Å². The highest BCUT2D eigenvalue weighted by Gasteiger charge is 2.40. The van der Waals surface area contributed by atoms with E-state index in [4.69, 9.17) is 26.2 Å². The third-order valence-electron chi connectivity index (χ3n) is 5.43. The van der Waals surface area contributed by atoms with Gasteiger partial charge < -0.3 is 14.6 Å². The van der Waals surface area contributed by atoms with Gasteiger partial charge in [0, 0.05) is 31.9 Å². The first-order valence-corrected chi connectivity index (χ1v) is 10.7. The summed E-state index contributed by atoms with van der Waals surface area (Å²) in [5.41, 5.74) is 0. The maximum atomic E-state index is 10.6. The average molecular weight is 401 g/mol. The van der Waals surface area contributed by atoms with Crippen molar-refractivity contribution in [3.05, 3.63) is 24.3 Å². The number of hydrogen-bond donors (Lipinski definition) is 1. The summed E-state index contributed by atoms with van der Waals surface area (Å²) in [5, 5.41) is 8.78. The van der Waals surface area contributed by atoms with Crippen LogP contribution in [0.5, 0.6) is 0 Å². The number of aliphatic carboxylic acids is 1. The molecule has 5 atom stereocenters. The Morgan fingerprint density at radius 1 is 1.26 bits per heavy atom. The fraction of sp³-hybridized carbons (Fsp3) is 0.773. The van der Waals surface area contributed by atoms with Crippen molar-refractivity contribution in [2.24, 2.45) is 11.8 Å². The molecule has 1 N–H and O–H groups in total. The molecular weight excluding hydrogens is 364 g/mol. The molecule has 1 fully saturated rings. The highest BCUT2D eigenvalue weighted by atomic mass is 35.5. The lowest BCUT2D eigenvalue weighted by Crippen LogP contribution is -2.21. The summed E-state index contributed by atoms with van der Waals surface area (Å²) in [4.78, 5) is 10.6. The molecule has 5 heteroatoms. The Labute approximate surface area is 170 Å². The van der Waals surface area contributed by atoms with Gasteiger partial charge in [-0.25, -0.2) is 0 Å². The van der Waals surface area contributed by atoms with Crippen LogP contribution in [0.2, 0.25) is 0 Å². The largest absolute Gasteiger partial charge is 0.481 e. The molecule has 0 amide bonds. The van der Waals surface area contributed by atoms with E-state index in [1.165, 1.54) is 19.3 Å². The fourth-order valence-corrected chi connectivity index (χ4v) is 4.22. The molecule has 1 aliphatic rings. The van der Waals surface area contributed by atoms with Crippen LogP contribution >= 0.6 is 11.6 Å². The first kappa shape index (κ1) is 24.2. The summed E-state index contributed by atoms with van der Waals surface area (Å²) in [5.74, 6) is -0.124. The van der Waals surface area contributed by atoms with E-state index in [9.17, 15) is 4.79 Å². The van der Waals surface area contributed by atoms with Crippen molar-refractivity contribution in [3.8, 4) is 0 Å². The number of methoxy groups -OCH3 is 2. The number of unbranched alkanes of at least 4 members (excludes halogenated alkanes) is 3. The Hall–Kier alpha value is -0.840. The van der Waals surface area contributed by atoms with Gasteiger partial charge in [0.2, 0.25) is 0 Å². The van der Waals surface area contributed by atoms with Gasteiger partial charge in [-0.2, -0.15) is 0 Å². The van der Waals surface area contributed by atoms with E-state index in [0.29, 0.717) is 12.3 Å². The second-order valence-electron chi connectivity index (χ2n) is 7.41. The third kappa shape index (κ3) is 9.27. The van der Waals surface area contributed by atoms with Gasteiger partial charge in [0.25, 0.3) is 0 Å². The number of halogens is 1. The van der Waals surface area contributed by atoms with E-state index in [0.717, 1.165) is 25.7 Å². The lowest BCUT2D eigenvalue weighted by molar-refractivity contribution is -0.137. The topological polar surface area (TPSA) is 55.8 Å². The number of hydrogen-bond acceptors (Lipinski definition) is 3. The summed E-state index contributed by atoms with van der Waals surface area (Å²) < 4.78 is 11.3. The molecule has 0 aromatic carbocycles. The van der Waals surface area contributed by atoms with Crippen LogP contribution < -0.4 is 0 Å². The van der Waals surface area contributed by atoms with Crippen LogP contribution in [0.1, 0.15) is 64.7 Å². The Morgan fingerprint density at radius 2 is 2.04 bits per heavy atom. The zero-order valence-electron chi connectivity index (χ0n) is 17.1. The molecule has 0 bridgehead atoms. The van der Waals surface area contributed by atoms with Crippen molar-refractivity contribution in [2.45, 2.75) is 82.3 Å². The molecule has 5 unspecified atom stereocenters. The van der Waals surface area contributed by atoms with Gasteiger partial charge >= 0.3 is 5.97 Å². The van der Waals surface area contributed by atoms with Gasteiger partial charge in [-0.05, 0) is 38.0 Å². The average Bonchev–Trinajstić information content (AvgIpc) is 2.95. The maximum Gasteiger partial charge on any atom is 0.303 e. The van der Waals surface area contributed by atoms with Crippen LogP contribution in [0.3, 0.4) is 0 Å². The molecule has 1 aliphatic carbocycles. The summed E-state index contributed by atoms with van der Waals surface area (Å²) >= 11 is 6.62. The number of carboxylic acids is 1. The number of alkyl halides is 1. The van der Waals surface area contributed by atoms with E-state index in [2.05, 4.69) is 31.2 Å². The molecule has 4 nitrogen and oxygen atoms in total. The second kappa shape index (κ2) is 14.2. The fourth-order valence-electron chi connectivity index (χ4n) is 3.78. The van der Waals surface area contributed by atoms with Crippen LogP contribution in [-0.4, -0.2) is 42.9 Å². The third-order valence-corrected chi connectivity index (χ3v) is 5.93. The van der Waals surface area contributed by atoms with Crippen molar-refractivity contribution in [2.75, 3.05) is 14.2 Å². The van der Waals surface area contributed by atoms with E-state index < -0.39 is 5.97 Å². The molecule has 0 heterocycles. The standard InChI is InChI=1S/C22H37ClO4/c1-4-5-8-11-17(26-2)14-15-19-18(20(23)16-21(19)27-3)12-9-6-7-10-13-22(24)25/h6,9,14-15,17-21H,4-5,7-8,10-13,16H2,1-3H3,(H,24,25)/b9-6+,15-14+. The quantitative estimate of drug-likeness (QED) is 0.234. The highest BCUT2D eigenvalue weighted by molar-refractivity contribution is 6.21. The Morgan fingerprint density at radius 3 is 2.67 bits per heavy atom. The number of carboxylic acid groups (broad SMARTS) is 1. The van der Waals surface area contributed by atoms with Gasteiger partial charge in [-0.1, -0.05) is 50.5 Å². The van der Waals surface area contributed by atoms with Gasteiger partial charge in [0.05, 0.1) is 12.2 Å². The van der Waals surface area contributed by atoms with E-state index in [-0.39, 0.29) is 29.9 Å². The molecule has 0 saturated heterocycles. The van der Waals surface area contributed by atoms with Crippen LogP contribution in [0.4, 0.5) is 0 Å². The first-order valence-electron chi connectivity index (χ1n) is 10.3. The minimum Gasteiger partial charge on any atom is -0.481 e. The zero-order valence-corrected chi connectivity index (χ0v) is 17.9. The van der Waals surface area contributed by atoms with Crippen LogP contribution in [-0.2, 0) is 14.3 Å².